The van der Waals surface area contributed by atoms with Gasteiger partial charge in [-0.1, -0.05) is 0 Å². The molecule has 0 aliphatic heterocycles. The Labute approximate surface area is 115 Å². The fraction of sp³-hybridized carbons (Fsp3) is 0.786. The quantitative estimate of drug-likeness (QED) is 0.887. The molecule has 0 fully saturated rings. The summed E-state index contributed by atoms with van der Waals surface area (Å²) < 4.78 is 5.76. The Bertz CT molecular complexity index is 391. The maximum atomic E-state index is 5.76. The molecule has 0 amide bonds. The van der Waals surface area contributed by atoms with Gasteiger partial charge in [-0.15, -0.1) is 11.3 Å². The van der Waals surface area contributed by atoms with Gasteiger partial charge in [-0.3, -0.25) is 0 Å². The highest BCUT2D eigenvalue weighted by Crippen LogP contribution is 2.30. The minimum absolute atomic E-state index is 0.131. The van der Waals surface area contributed by atoms with Gasteiger partial charge in [0.15, 0.2) is 0 Å². The maximum Gasteiger partial charge on any atom is 0.125 e. The van der Waals surface area contributed by atoms with Crippen molar-refractivity contribution >= 4 is 11.3 Å². The van der Waals surface area contributed by atoms with E-state index < -0.39 is 0 Å². The second kappa shape index (κ2) is 5.68. The highest BCUT2D eigenvalue weighted by Gasteiger charge is 2.26. The summed E-state index contributed by atoms with van der Waals surface area (Å²) in [5, 5.41) is 4.57. The number of ether oxygens (including phenoxy) is 1. The summed E-state index contributed by atoms with van der Waals surface area (Å²) in [7, 11) is 0. The van der Waals surface area contributed by atoms with E-state index in [2.05, 4.69) is 51.8 Å². The first kappa shape index (κ1) is 15.6. The molecule has 0 unspecified atom stereocenters. The van der Waals surface area contributed by atoms with Gasteiger partial charge < -0.3 is 10.1 Å². The van der Waals surface area contributed by atoms with Crippen LogP contribution in [0.5, 0.6) is 0 Å². The zero-order valence-corrected chi connectivity index (χ0v) is 13.5. The Morgan fingerprint density at radius 2 is 1.83 bits per heavy atom. The predicted octanol–water partition coefficient (Wildman–Crippen LogP) is 3.61. The molecule has 1 aromatic rings. The van der Waals surface area contributed by atoms with Crippen molar-refractivity contribution in [3.63, 3.8) is 0 Å². The number of hydrogen-bond acceptors (Lipinski definition) is 4. The molecule has 1 rings (SSSR count). The average Bonchev–Trinajstić information content (AvgIpc) is 2.56. The lowest BCUT2D eigenvalue weighted by molar-refractivity contribution is -0.0142. The van der Waals surface area contributed by atoms with Crippen LogP contribution < -0.4 is 5.32 Å². The first-order chi connectivity index (χ1) is 8.15. The van der Waals surface area contributed by atoms with Crippen molar-refractivity contribution in [2.75, 3.05) is 6.61 Å². The lowest BCUT2D eigenvalue weighted by Crippen LogP contribution is -2.34. The average molecular weight is 270 g/mol. The van der Waals surface area contributed by atoms with E-state index in [9.17, 15) is 0 Å². The summed E-state index contributed by atoms with van der Waals surface area (Å²) >= 11 is 1.75. The fourth-order valence-electron chi connectivity index (χ4n) is 1.62. The molecule has 0 saturated heterocycles. The minimum Gasteiger partial charge on any atom is -0.369 e. The van der Waals surface area contributed by atoms with Crippen molar-refractivity contribution in [2.45, 2.75) is 66.2 Å². The van der Waals surface area contributed by atoms with Gasteiger partial charge in [-0.05, 0) is 48.5 Å². The highest BCUT2D eigenvalue weighted by atomic mass is 32.1. The van der Waals surface area contributed by atoms with Crippen LogP contribution in [0, 0.1) is 6.92 Å². The molecule has 0 aromatic carbocycles. The van der Waals surface area contributed by atoms with Gasteiger partial charge in [-0.25, -0.2) is 4.98 Å². The van der Waals surface area contributed by atoms with Crippen LogP contribution >= 0.6 is 11.3 Å². The fourth-order valence-corrected chi connectivity index (χ4v) is 2.68. The van der Waals surface area contributed by atoms with Gasteiger partial charge >= 0.3 is 0 Å². The van der Waals surface area contributed by atoms with Gasteiger partial charge in [0.1, 0.15) is 10.6 Å². The van der Waals surface area contributed by atoms with Crippen molar-refractivity contribution in [3.8, 4) is 0 Å². The molecule has 0 saturated carbocycles. The summed E-state index contributed by atoms with van der Waals surface area (Å²) in [6.07, 6.45) is 0. The molecule has 4 heteroatoms. The Balaban J connectivity index is 2.82. The molecule has 18 heavy (non-hydrogen) atoms. The van der Waals surface area contributed by atoms with Crippen molar-refractivity contribution in [2.24, 2.45) is 0 Å². The van der Waals surface area contributed by atoms with E-state index in [1.165, 1.54) is 4.88 Å². The molecule has 1 N–H and O–H groups in total. The topological polar surface area (TPSA) is 34.1 Å². The number of rotatable bonds is 5. The van der Waals surface area contributed by atoms with Crippen molar-refractivity contribution < 1.29 is 4.74 Å². The Morgan fingerprint density at radius 1 is 1.22 bits per heavy atom. The molecule has 0 aliphatic rings. The molecule has 0 aliphatic carbocycles. The third kappa shape index (κ3) is 4.34. The second-order valence-corrected chi connectivity index (χ2v) is 7.16. The molecule has 104 valence electrons. The van der Waals surface area contributed by atoms with Crippen molar-refractivity contribution in [1.82, 2.24) is 10.3 Å². The van der Waals surface area contributed by atoms with E-state index >= 15 is 0 Å². The van der Waals surface area contributed by atoms with Crippen LogP contribution in [0.15, 0.2) is 0 Å². The number of thiazole rings is 1. The Hall–Kier alpha value is -0.450. The number of nitrogens with one attached hydrogen (secondary N) is 1. The Morgan fingerprint density at radius 3 is 2.33 bits per heavy atom. The van der Waals surface area contributed by atoms with E-state index in [-0.39, 0.29) is 11.1 Å². The van der Waals surface area contributed by atoms with E-state index in [1.54, 1.807) is 11.3 Å². The zero-order chi connectivity index (χ0) is 14.0. The number of aryl methyl sites for hydroxylation is 1. The van der Waals surface area contributed by atoms with Crippen LogP contribution in [0.25, 0.3) is 0 Å². The van der Waals surface area contributed by atoms with Gasteiger partial charge in [0.2, 0.25) is 0 Å². The third-order valence-electron chi connectivity index (χ3n) is 2.69. The minimum atomic E-state index is -0.288. The standard InChI is InChI=1S/C14H26N2OS/c1-8-17-14(6,7)12-16-10(2)11(18-12)9-15-13(3,4)5/h15H,8-9H2,1-7H3. The smallest absolute Gasteiger partial charge is 0.125 e. The number of nitrogens with zero attached hydrogens (tertiary/aromatic N) is 1. The van der Waals surface area contributed by atoms with Gasteiger partial charge in [0.25, 0.3) is 0 Å². The lowest BCUT2D eigenvalue weighted by atomic mass is 10.1. The van der Waals surface area contributed by atoms with Crippen LogP contribution in [0.4, 0.5) is 0 Å². The number of hydrogen-bond donors (Lipinski definition) is 1. The first-order valence-electron chi connectivity index (χ1n) is 6.51. The molecule has 3 nitrogen and oxygen atoms in total. The number of aromatic nitrogens is 1. The van der Waals surface area contributed by atoms with E-state index in [4.69, 9.17) is 4.74 Å². The first-order valence-corrected chi connectivity index (χ1v) is 7.33. The molecule has 0 radical (unpaired) electrons. The van der Waals surface area contributed by atoms with E-state index in [0.29, 0.717) is 6.61 Å². The summed E-state index contributed by atoms with van der Waals surface area (Å²) in [6.45, 7) is 16.4. The van der Waals surface area contributed by atoms with Gasteiger partial charge in [0, 0.05) is 23.6 Å². The van der Waals surface area contributed by atoms with Crippen LogP contribution in [0.3, 0.4) is 0 Å². The summed E-state index contributed by atoms with van der Waals surface area (Å²) in [6, 6.07) is 0. The largest absolute Gasteiger partial charge is 0.369 e. The molecule has 1 heterocycles. The molecule has 0 bridgehead atoms. The summed E-state index contributed by atoms with van der Waals surface area (Å²) in [5.41, 5.74) is 0.954. The zero-order valence-electron chi connectivity index (χ0n) is 12.7. The molecule has 1 aromatic heterocycles. The monoisotopic (exact) mass is 270 g/mol. The van der Waals surface area contributed by atoms with Gasteiger partial charge in [-0.2, -0.15) is 0 Å². The molecular formula is C14H26N2OS. The predicted molar refractivity (Wildman–Crippen MR) is 78.1 cm³/mol. The van der Waals surface area contributed by atoms with Crippen LogP contribution in [-0.2, 0) is 16.9 Å². The van der Waals surface area contributed by atoms with Crippen molar-refractivity contribution in [3.05, 3.63) is 15.6 Å². The van der Waals surface area contributed by atoms with E-state index in [1.807, 2.05) is 6.92 Å². The van der Waals surface area contributed by atoms with Crippen LogP contribution in [-0.4, -0.2) is 17.1 Å². The van der Waals surface area contributed by atoms with Crippen LogP contribution in [0.1, 0.15) is 57.1 Å². The second-order valence-electron chi connectivity index (χ2n) is 6.07. The SMILES string of the molecule is CCOC(C)(C)c1nc(C)c(CNC(C)(C)C)s1. The highest BCUT2D eigenvalue weighted by molar-refractivity contribution is 7.11. The van der Waals surface area contributed by atoms with Crippen molar-refractivity contribution in [1.29, 1.82) is 0 Å². The third-order valence-corrected chi connectivity index (χ3v) is 4.15. The normalized spacial score (nSPS) is 13.1. The van der Waals surface area contributed by atoms with Crippen LogP contribution in [0.2, 0.25) is 0 Å². The Kier molecular flexibility index (Phi) is 4.92. The van der Waals surface area contributed by atoms with Gasteiger partial charge in [0.05, 0.1) is 5.69 Å². The molecule has 0 spiro atoms. The molecular weight excluding hydrogens is 244 g/mol. The lowest BCUT2D eigenvalue weighted by Gasteiger charge is -2.21. The maximum absolute atomic E-state index is 5.76. The van der Waals surface area contributed by atoms with E-state index in [0.717, 1.165) is 17.2 Å². The summed E-state index contributed by atoms with van der Waals surface area (Å²) in [5.74, 6) is 0. The summed E-state index contributed by atoms with van der Waals surface area (Å²) in [4.78, 5) is 5.95. The molecule has 0 atom stereocenters.